The molecular weight excluding hydrogens is 320 g/mol. The van der Waals surface area contributed by atoms with Crippen LogP contribution in [0.2, 0.25) is 0 Å². The fraction of sp³-hybridized carbons (Fsp3) is 0.200. The van der Waals surface area contributed by atoms with Crippen molar-refractivity contribution in [2.24, 2.45) is 0 Å². The predicted octanol–water partition coefficient (Wildman–Crippen LogP) is 4.85. The Labute approximate surface area is 144 Å². The molecule has 0 spiro atoms. The summed E-state index contributed by atoms with van der Waals surface area (Å²) in [6.07, 6.45) is 3.97. The van der Waals surface area contributed by atoms with E-state index >= 15 is 0 Å². The molecule has 0 N–H and O–H groups in total. The monoisotopic (exact) mass is 338 g/mol. The van der Waals surface area contributed by atoms with Crippen LogP contribution in [-0.4, -0.2) is 5.97 Å². The molecule has 0 unspecified atom stereocenters. The summed E-state index contributed by atoms with van der Waals surface area (Å²) in [5.74, 6) is -0.0514. The van der Waals surface area contributed by atoms with Crippen LogP contribution in [0.15, 0.2) is 53.8 Å². The zero-order valence-electron chi connectivity index (χ0n) is 13.5. The molecule has 0 saturated carbocycles. The first-order valence-corrected chi connectivity index (χ1v) is 8.78. The Morgan fingerprint density at radius 1 is 1.21 bits per heavy atom. The number of ether oxygens (including phenoxy) is 1. The van der Waals surface area contributed by atoms with Crippen LogP contribution in [0.1, 0.15) is 25.3 Å². The van der Waals surface area contributed by atoms with E-state index in [1.165, 1.54) is 0 Å². The standard InChI is InChI=1S/C20H18O3S/c1-3-5-8-13-11-18-15(12-16(13)23-19(21)4-2)20(22)14-9-6-7-10-17(14)24-18/h4,6-7,9-12H,2-3,5,8H2,1H3. The number of carbonyl (C=O) groups excluding carboxylic acids is 1. The molecule has 3 rings (SSSR count). The lowest BCUT2D eigenvalue weighted by Gasteiger charge is -2.11. The Balaban J connectivity index is 2.25. The first-order chi connectivity index (χ1) is 11.6. The number of carbonyl (C=O) groups is 1. The first-order valence-electron chi connectivity index (χ1n) is 7.96. The molecule has 0 aliphatic carbocycles. The minimum absolute atomic E-state index is 0.0303. The molecule has 3 nitrogen and oxygen atoms in total. The van der Waals surface area contributed by atoms with Gasteiger partial charge < -0.3 is 4.74 Å². The normalized spacial score (nSPS) is 10.9. The van der Waals surface area contributed by atoms with Gasteiger partial charge in [-0.1, -0.05) is 32.1 Å². The van der Waals surface area contributed by atoms with Crippen LogP contribution in [-0.2, 0) is 11.2 Å². The quantitative estimate of drug-likeness (QED) is 0.289. The topological polar surface area (TPSA) is 43.4 Å². The third kappa shape index (κ3) is 3.10. The van der Waals surface area contributed by atoms with E-state index in [1.54, 1.807) is 17.4 Å². The molecular formula is C20H18O3S. The molecule has 1 heterocycles. The van der Waals surface area contributed by atoms with E-state index in [-0.39, 0.29) is 5.43 Å². The second kappa shape index (κ2) is 6.97. The molecule has 0 aliphatic rings. The van der Waals surface area contributed by atoms with Crippen molar-refractivity contribution in [2.45, 2.75) is 26.2 Å². The number of esters is 1. The number of unbranched alkanes of at least 4 members (excludes halogenated alkanes) is 1. The van der Waals surface area contributed by atoms with E-state index in [4.69, 9.17) is 4.74 Å². The molecule has 0 amide bonds. The van der Waals surface area contributed by atoms with Crippen LogP contribution >= 0.6 is 11.3 Å². The average Bonchev–Trinajstić information content (AvgIpc) is 2.60. The third-order valence-corrected chi connectivity index (χ3v) is 5.07. The highest BCUT2D eigenvalue weighted by atomic mass is 32.1. The second-order valence-electron chi connectivity index (χ2n) is 5.61. The molecule has 2 aromatic carbocycles. The number of benzene rings is 2. The maximum absolute atomic E-state index is 12.8. The Kier molecular flexibility index (Phi) is 4.76. The molecule has 3 aromatic rings. The molecule has 0 bridgehead atoms. The maximum Gasteiger partial charge on any atom is 0.335 e. The van der Waals surface area contributed by atoms with E-state index in [0.717, 1.165) is 40.3 Å². The smallest absolute Gasteiger partial charge is 0.335 e. The zero-order valence-corrected chi connectivity index (χ0v) is 14.3. The average molecular weight is 338 g/mol. The zero-order chi connectivity index (χ0) is 17.1. The number of hydrogen-bond acceptors (Lipinski definition) is 4. The summed E-state index contributed by atoms with van der Waals surface area (Å²) >= 11 is 1.59. The molecule has 0 saturated heterocycles. The SMILES string of the molecule is C=CC(=O)Oc1cc2c(=O)c3ccccc3sc2cc1CCCC. The van der Waals surface area contributed by atoms with Gasteiger partial charge in [0.2, 0.25) is 0 Å². The highest BCUT2D eigenvalue weighted by molar-refractivity contribution is 7.24. The Morgan fingerprint density at radius 2 is 2.00 bits per heavy atom. The lowest BCUT2D eigenvalue weighted by molar-refractivity contribution is -0.129. The van der Waals surface area contributed by atoms with Gasteiger partial charge in [-0.2, -0.15) is 0 Å². The van der Waals surface area contributed by atoms with Gasteiger partial charge >= 0.3 is 5.97 Å². The van der Waals surface area contributed by atoms with Crippen molar-refractivity contribution in [3.63, 3.8) is 0 Å². The van der Waals surface area contributed by atoms with Crippen molar-refractivity contribution in [3.8, 4) is 5.75 Å². The van der Waals surface area contributed by atoms with Gasteiger partial charge in [0, 0.05) is 26.2 Å². The van der Waals surface area contributed by atoms with Crippen LogP contribution in [0, 0.1) is 0 Å². The van der Waals surface area contributed by atoms with E-state index in [2.05, 4.69) is 13.5 Å². The van der Waals surface area contributed by atoms with E-state index in [1.807, 2.05) is 30.3 Å². The number of aryl methyl sites for hydroxylation is 1. The highest BCUT2D eigenvalue weighted by Gasteiger charge is 2.13. The largest absolute Gasteiger partial charge is 0.423 e. The van der Waals surface area contributed by atoms with Gasteiger partial charge in [0.15, 0.2) is 5.43 Å². The van der Waals surface area contributed by atoms with Crippen molar-refractivity contribution in [1.29, 1.82) is 0 Å². The van der Waals surface area contributed by atoms with Crippen LogP contribution < -0.4 is 10.2 Å². The predicted molar refractivity (Wildman–Crippen MR) is 100 cm³/mol. The van der Waals surface area contributed by atoms with Crippen LogP contribution in [0.25, 0.3) is 20.2 Å². The van der Waals surface area contributed by atoms with Crippen LogP contribution in [0.4, 0.5) is 0 Å². The Hall–Kier alpha value is -2.46. The lowest BCUT2D eigenvalue weighted by Crippen LogP contribution is -2.07. The summed E-state index contributed by atoms with van der Waals surface area (Å²) in [6, 6.07) is 11.3. The Bertz CT molecular complexity index is 985. The van der Waals surface area contributed by atoms with Crippen molar-refractivity contribution in [1.82, 2.24) is 0 Å². The van der Waals surface area contributed by atoms with Crippen molar-refractivity contribution < 1.29 is 9.53 Å². The van der Waals surface area contributed by atoms with Gasteiger partial charge in [0.25, 0.3) is 0 Å². The van der Waals surface area contributed by atoms with Gasteiger partial charge in [0.1, 0.15) is 5.75 Å². The summed E-state index contributed by atoms with van der Waals surface area (Å²) in [5.41, 5.74) is 0.919. The van der Waals surface area contributed by atoms with Gasteiger partial charge in [-0.25, -0.2) is 4.79 Å². The molecule has 24 heavy (non-hydrogen) atoms. The molecule has 0 atom stereocenters. The number of rotatable bonds is 5. The molecule has 4 heteroatoms. The number of fused-ring (bicyclic) bond motifs is 2. The summed E-state index contributed by atoms with van der Waals surface area (Å²) in [4.78, 5) is 24.4. The third-order valence-electron chi connectivity index (χ3n) is 3.94. The molecule has 122 valence electrons. The van der Waals surface area contributed by atoms with Gasteiger partial charge in [-0.05, 0) is 42.7 Å². The minimum Gasteiger partial charge on any atom is -0.423 e. The van der Waals surface area contributed by atoms with E-state index < -0.39 is 5.97 Å². The van der Waals surface area contributed by atoms with E-state index in [9.17, 15) is 9.59 Å². The lowest BCUT2D eigenvalue weighted by atomic mass is 10.0. The highest BCUT2D eigenvalue weighted by Crippen LogP contribution is 2.31. The molecule has 0 radical (unpaired) electrons. The van der Waals surface area contributed by atoms with Gasteiger partial charge in [-0.15, -0.1) is 11.3 Å². The van der Waals surface area contributed by atoms with Crippen molar-refractivity contribution in [3.05, 3.63) is 64.8 Å². The summed E-state index contributed by atoms with van der Waals surface area (Å²) in [6.45, 7) is 5.55. The van der Waals surface area contributed by atoms with Gasteiger partial charge in [0.05, 0.1) is 0 Å². The second-order valence-corrected chi connectivity index (χ2v) is 6.70. The van der Waals surface area contributed by atoms with Crippen molar-refractivity contribution in [2.75, 3.05) is 0 Å². The van der Waals surface area contributed by atoms with Crippen LogP contribution in [0.3, 0.4) is 0 Å². The minimum atomic E-state index is -0.510. The van der Waals surface area contributed by atoms with Crippen LogP contribution in [0.5, 0.6) is 5.75 Å². The molecule has 1 aromatic heterocycles. The molecule has 0 aliphatic heterocycles. The van der Waals surface area contributed by atoms with Crippen molar-refractivity contribution >= 4 is 37.5 Å². The fourth-order valence-corrected chi connectivity index (χ4v) is 3.80. The summed E-state index contributed by atoms with van der Waals surface area (Å²) < 4.78 is 7.26. The maximum atomic E-state index is 12.8. The summed E-state index contributed by atoms with van der Waals surface area (Å²) in [5, 5.41) is 1.28. The summed E-state index contributed by atoms with van der Waals surface area (Å²) in [7, 11) is 0. The van der Waals surface area contributed by atoms with E-state index in [0.29, 0.717) is 16.5 Å². The number of hydrogen-bond donors (Lipinski definition) is 0. The molecule has 0 fully saturated rings. The Morgan fingerprint density at radius 3 is 2.75 bits per heavy atom. The first kappa shape index (κ1) is 16.4. The fourth-order valence-electron chi connectivity index (χ4n) is 2.68. The van der Waals surface area contributed by atoms with Gasteiger partial charge in [-0.3, -0.25) is 4.79 Å².